The zero-order valence-corrected chi connectivity index (χ0v) is 13.3. The molecule has 0 aliphatic carbocycles. The van der Waals surface area contributed by atoms with E-state index in [2.05, 4.69) is 5.32 Å². The highest BCUT2D eigenvalue weighted by molar-refractivity contribution is 7.12. The number of amides is 1. The lowest BCUT2D eigenvalue weighted by Crippen LogP contribution is -2.35. The Morgan fingerprint density at radius 3 is 2.55 bits per heavy atom. The van der Waals surface area contributed by atoms with Crippen LogP contribution in [0.5, 0.6) is 0 Å². The number of aliphatic carboxylic acids is 1. The molecule has 1 rings (SSSR count). The van der Waals surface area contributed by atoms with Crippen LogP contribution < -0.4 is 5.32 Å². The first kappa shape index (κ1) is 16.7. The highest BCUT2D eigenvalue weighted by Crippen LogP contribution is 2.24. The van der Waals surface area contributed by atoms with Crippen molar-refractivity contribution in [1.29, 1.82) is 0 Å². The molecule has 112 valence electrons. The fourth-order valence-electron chi connectivity index (χ4n) is 2.10. The first-order chi connectivity index (χ1) is 9.24. The summed E-state index contributed by atoms with van der Waals surface area (Å²) in [5.41, 5.74) is 0.931. The van der Waals surface area contributed by atoms with Gasteiger partial charge in [0.1, 0.15) is 0 Å². The van der Waals surface area contributed by atoms with Crippen molar-refractivity contribution in [2.24, 2.45) is 11.3 Å². The molecule has 0 fully saturated rings. The zero-order valence-electron chi connectivity index (χ0n) is 12.5. The van der Waals surface area contributed by atoms with Crippen molar-refractivity contribution < 1.29 is 14.7 Å². The largest absolute Gasteiger partial charge is 0.481 e. The maximum atomic E-state index is 12.1. The summed E-state index contributed by atoms with van der Waals surface area (Å²) in [4.78, 5) is 24.0. The van der Waals surface area contributed by atoms with Crippen LogP contribution in [-0.4, -0.2) is 23.5 Å². The van der Waals surface area contributed by atoms with Gasteiger partial charge >= 0.3 is 5.97 Å². The highest BCUT2D eigenvalue weighted by Gasteiger charge is 2.25. The second-order valence-corrected chi connectivity index (χ2v) is 7.05. The van der Waals surface area contributed by atoms with E-state index in [1.165, 1.54) is 11.3 Å². The van der Waals surface area contributed by atoms with Crippen LogP contribution in [-0.2, 0) is 11.2 Å². The Hall–Kier alpha value is -1.36. The molecule has 0 aliphatic rings. The summed E-state index contributed by atoms with van der Waals surface area (Å²) in [7, 11) is 0. The van der Waals surface area contributed by atoms with Gasteiger partial charge in [-0.15, -0.1) is 11.3 Å². The molecular formula is C15H23NO3S. The van der Waals surface area contributed by atoms with Crippen LogP contribution in [0.25, 0.3) is 0 Å². The summed E-state index contributed by atoms with van der Waals surface area (Å²) in [6, 6.07) is 1.93. The van der Waals surface area contributed by atoms with E-state index in [9.17, 15) is 14.7 Å². The number of carbonyl (C=O) groups excluding carboxylic acids is 1. The lowest BCUT2D eigenvalue weighted by molar-refractivity contribution is -0.142. The van der Waals surface area contributed by atoms with Crippen molar-refractivity contribution in [2.75, 3.05) is 6.54 Å². The van der Waals surface area contributed by atoms with Gasteiger partial charge in [-0.25, -0.2) is 0 Å². The van der Waals surface area contributed by atoms with E-state index in [0.29, 0.717) is 11.3 Å². The molecule has 0 aromatic carbocycles. The van der Waals surface area contributed by atoms with Gasteiger partial charge in [-0.05, 0) is 35.3 Å². The molecule has 1 unspecified atom stereocenters. The van der Waals surface area contributed by atoms with Gasteiger partial charge in [0.2, 0.25) is 0 Å². The van der Waals surface area contributed by atoms with E-state index < -0.39 is 11.9 Å². The van der Waals surface area contributed by atoms with Gasteiger partial charge in [-0.1, -0.05) is 27.7 Å². The highest BCUT2D eigenvalue weighted by atomic mass is 32.1. The third kappa shape index (κ3) is 4.96. The molecule has 1 aromatic rings. The quantitative estimate of drug-likeness (QED) is 0.847. The molecule has 20 heavy (non-hydrogen) atoms. The van der Waals surface area contributed by atoms with E-state index in [-0.39, 0.29) is 17.9 Å². The van der Waals surface area contributed by atoms with Gasteiger partial charge in [0.25, 0.3) is 5.91 Å². The Labute approximate surface area is 124 Å². The predicted molar refractivity (Wildman–Crippen MR) is 81.2 cm³/mol. The van der Waals surface area contributed by atoms with Crippen LogP contribution in [0.15, 0.2) is 11.4 Å². The van der Waals surface area contributed by atoms with E-state index >= 15 is 0 Å². The molecular weight excluding hydrogens is 274 g/mol. The number of hydrogen-bond donors (Lipinski definition) is 2. The number of carboxylic acids is 1. The number of nitrogens with one attached hydrogen (secondary N) is 1. The van der Waals surface area contributed by atoms with Crippen molar-refractivity contribution >= 4 is 23.2 Å². The lowest BCUT2D eigenvalue weighted by atomic mass is 9.84. The Balaban J connectivity index is 2.64. The van der Waals surface area contributed by atoms with Gasteiger partial charge in [0, 0.05) is 6.54 Å². The molecule has 2 N–H and O–H groups in total. The average Bonchev–Trinajstić information content (AvgIpc) is 2.80. The van der Waals surface area contributed by atoms with Crippen LogP contribution in [0.1, 0.15) is 49.4 Å². The molecule has 5 heteroatoms. The smallest absolute Gasteiger partial charge is 0.308 e. The molecule has 1 amide bonds. The summed E-state index contributed by atoms with van der Waals surface area (Å²) in [5, 5.41) is 13.9. The number of hydrogen-bond acceptors (Lipinski definition) is 3. The van der Waals surface area contributed by atoms with Gasteiger partial charge in [-0.3, -0.25) is 9.59 Å². The molecule has 0 saturated heterocycles. The average molecular weight is 297 g/mol. The van der Waals surface area contributed by atoms with Gasteiger partial charge in [0.15, 0.2) is 0 Å². The molecule has 4 nitrogen and oxygen atoms in total. The summed E-state index contributed by atoms with van der Waals surface area (Å²) in [6.45, 7) is 8.17. The van der Waals surface area contributed by atoms with Crippen LogP contribution in [0.3, 0.4) is 0 Å². The first-order valence-corrected chi connectivity index (χ1v) is 7.70. The van der Waals surface area contributed by atoms with Gasteiger partial charge in [0.05, 0.1) is 10.8 Å². The van der Waals surface area contributed by atoms with Crippen molar-refractivity contribution in [3.63, 3.8) is 0 Å². The van der Waals surface area contributed by atoms with E-state index in [1.54, 1.807) is 0 Å². The van der Waals surface area contributed by atoms with Gasteiger partial charge in [-0.2, -0.15) is 0 Å². The minimum atomic E-state index is -0.859. The Kier molecular flexibility index (Phi) is 5.74. The lowest BCUT2D eigenvalue weighted by Gasteiger charge is -2.23. The number of aryl methyl sites for hydroxylation is 1. The Morgan fingerprint density at radius 1 is 1.40 bits per heavy atom. The molecule has 0 bridgehead atoms. The van der Waals surface area contributed by atoms with Crippen LogP contribution in [0.2, 0.25) is 0 Å². The van der Waals surface area contributed by atoms with E-state index in [4.69, 9.17) is 0 Å². The minimum absolute atomic E-state index is 0.0781. The Bertz CT molecular complexity index is 474. The first-order valence-electron chi connectivity index (χ1n) is 6.82. The summed E-state index contributed by atoms with van der Waals surface area (Å²) >= 11 is 1.40. The molecule has 1 atom stereocenters. The van der Waals surface area contributed by atoms with Gasteiger partial charge < -0.3 is 10.4 Å². The number of carbonyl (C=O) groups is 2. The van der Waals surface area contributed by atoms with Crippen molar-refractivity contribution in [1.82, 2.24) is 5.32 Å². The SMILES string of the molecule is CCc1ccsc1C(=O)NCC(CC(C)(C)C)C(=O)O. The van der Waals surface area contributed by atoms with Crippen molar-refractivity contribution in [2.45, 2.75) is 40.5 Å². The molecule has 0 spiro atoms. The number of carboxylic acid groups (broad SMARTS) is 1. The third-order valence-corrected chi connectivity index (χ3v) is 4.01. The third-order valence-electron chi connectivity index (χ3n) is 3.05. The fraction of sp³-hybridized carbons (Fsp3) is 0.600. The monoisotopic (exact) mass is 297 g/mol. The molecule has 1 heterocycles. The summed E-state index contributed by atoms with van der Waals surface area (Å²) in [5.74, 6) is -1.58. The maximum absolute atomic E-state index is 12.1. The molecule has 0 aliphatic heterocycles. The summed E-state index contributed by atoms with van der Waals surface area (Å²) in [6.07, 6.45) is 1.34. The second-order valence-electron chi connectivity index (χ2n) is 6.14. The molecule has 0 saturated carbocycles. The maximum Gasteiger partial charge on any atom is 0.308 e. The van der Waals surface area contributed by atoms with E-state index in [1.807, 2.05) is 39.1 Å². The van der Waals surface area contributed by atoms with Crippen LogP contribution >= 0.6 is 11.3 Å². The molecule has 0 radical (unpaired) electrons. The Morgan fingerprint density at radius 2 is 2.05 bits per heavy atom. The number of rotatable bonds is 6. The normalized spacial score (nSPS) is 13.0. The van der Waals surface area contributed by atoms with Crippen molar-refractivity contribution in [3.05, 3.63) is 21.9 Å². The van der Waals surface area contributed by atoms with Crippen molar-refractivity contribution in [3.8, 4) is 0 Å². The second kappa shape index (κ2) is 6.88. The van der Waals surface area contributed by atoms with Crippen LogP contribution in [0, 0.1) is 11.3 Å². The molecule has 1 aromatic heterocycles. The number of thiophene rings is 1. The standard InChI is InChI=1S/C15H23NO3S/c1-5-10-6-7-20-12(10)13(17)16-9-11(14(18)19)8-15(2,3)4/h6-7,11H,5,8-9H2,1-4H3,(H,16,17)(H,18,19). The minimum Gasteiger partial charge on any atom is -0.481 e. The topological polar surface area (TPSA) is 66.4 Å². The van der Waals surface area contributed by atoms with Crippen LogP contribution in [0.4, 0.5) is 0 Å². The zero-order chi connectivity index (χ0) is 15.3. The predicted octanol–water partition coefficient (Wildman–Crippen LogP) is 3.18. The fourth-order valence-corrected chi connectivity index (χ4v) is 3.01. The summed E-state index contributed by atoms with van der Waals surface area (Å²) < 4.78 is 0. The van der Waals surface area contributed by atoms with E-state index in [0.717, 1.165) is 12.0 Å².